The first kappa shape index (κ1) is 15.8. The zero-order chi connectivity index (χ0) is 16.3. The van der Waals surface area contributed by atoms with Crippen LogP contribution in [-0.2, 0) is 16.6 Å². The maximum atomic E-state index is 12.5. The number of hydrogen-bond acceptors (Lipinski definition) is 4. The second-order valence-electron chi connectivity index (χ2n) is 5.47. The van der Waals surface area contributed by atoms with Gasteiger partial charge in [-0.15, -0.1) is 0 Å². The molecule has 0 amide bonds. The number of hydrogen-bond donors (Lipinski definition) is 1. The minimum absolute atomic E-state index is 0.175. The molecular weight excluding hydrogens is 314 g/mol. The van der Waals surface area contributed by atoms with Crippen LogP contribution in [0, 0.1) is 6.92 Å². The second kappa shape index (κ2) is 6.60. The Kier molecular flexibility index (Phi) is 4.54. The van der Waals surface area contributed by atoms with Crippen LogP contribution in [0.15, 0.2) is 47.4 Å². The quantitative estimate of drug-likeness (QED) is 0.934. The largest absolute Gasteiger partial charge is 0.490 e. The van der Waals surface area contributed by atoms with Gasteiger partial charge in [0.15, 0.2) is 11.5 Å². The van der Waals surface area contributed by atoms with Crippen LogP contribution in [0.5, 0.6) is 11.5 Å². The van der Waals surface area contributed by atoms with Crippen LogP contribution in [0.3, 0.4) is 0 Å². The highest BCUT2D eigenvalue weighted by molar-refractivity contribution is 7.89. The van der Waals surface area contributed by atoms with Crippen molar-refractivity contribution in [3.8, 4) is 11.5 Å². The van der Waals surface area contributed by atoms with Crippen LogP contribution < -0.4 is 14.2 Å². The van der Waals surface area contributed by atoms with E-state index in [9.17, 15) is 8.42 Å². The minimum atomic E-state index is -3.60. The third kappa shape index (κ3) is 3.83. The average molecular weight is 333 g/mol. The van der Waals surface area contributed by atoms with E-state index >= 15 is 0 Å². The van der Waals surface area contributed by atoms with E-state index in [4.69, 9.17) is 9.47 Å². The van der Waals surface area contributed by atoms with Crippen molar-refractivity contribution >= 4 is 10.0 Å². The monoisotopic (exact) mass is 333 g/mol. The van der Waals surface area contributed by atoms with Crippen molar-refractivity contribution in [2.45, 2.75) is 24.8 Å². The van der Waals surface area contributed by atoms with Gasteiger partial charge in [0.05, 0.1) is 18.1 Å². The van der Waals surface area contributed by atoms with Gasteiger partial charge in [0.2, 0.25) is 10.0 Å². The number of aryl methyl sites for hydroxylation is 1. The van der Waals surface area contributed by atoms with Gasteiger partial charge in [0, 0.05) is 19.0 Å². The van der Waals surface area contributed by atoms with Gasteiger partial charge >= 0.3 is 0 Å². The van der Waals surface area contributed by atoms with Gasteiger partial charge in [-0.2, -0.15) is 0 Å². The van der Waals surface area contributed by atoms with E-state index in [1.54, 1.807) is 6.07 Å². The molecule has 3 rings (SSSR count). The second-order valence-corrected chi connectivity index (χ2v) is 7.24. The van der Waals surface area contributed by atoms with Crippen molar-refractivity contribution in [3.63, 3.8) is 0 Å². The van der Waals surface area contributed by atoms with Crippen LogP contribution in [0.1, 0.15) is 17.5 Å². The lowest BCUT2D eigenvalue weighted by Crippen LogP contribution is -2.23. The van der Waals surface area contributed by atoms with E-state index in [1.807, 2.05) is 31.2 Å². The molecule has 0 unspecified atom stereocenters. The topological polar surface area (TPSA) is 64.6 Å². The van der Waals surface area contributed by atoms with E-state index in [0.29, 0.717) is 24.7 Å². The first-order chi connectivity index (χ1) is 11.0. The molecule has 6 heteroatoms. The fourth-order valence-electron chi connectivity index (χ4n) is 2.39. The van der Waals surface area contributed by atoms with Crippen LogP contribution >= 0.6 is 0 Å². The van der Waals surface area contributed by atoms with E-state index in [-0.39, 0.29) is 11.4 Å². The fourth-order valence-corrected chi connectivity index (χ4v) is 3.43. The number of fused-ring (bicyclic) bond motifs is 1. The molecule has 0 spiro atoms. The van der Waals surface area contributed by atoms with Gasteiger partial charge < -0.3 is 9.47 Å². The van der Waals surface area contributed by atoms with Crippen molar-refractivity contribution in [1.29, 1.82) is 0 Å². The predicted molar refractivity (Wildman–Crippen MR) is 87.3 cm³/mol. The van der Waals surface area contributed by atoms with Gasteiger partial charge in [0.1, 0.15) is 0 Å². The summed E-state index contributed by atoms with van der Waals surface area (Å²) in [7, 11) is -3.60. The fraction of sp³-hybridized carbons (Fsp3) is 0.294. The zero-order valence-electron chi connectivity index (χ0n) is 12.9. The van der Waals surface area contributed by atoms with E-state index in [1.165, 1.54) is 12.1 Å². The SMILES string of the molecule is Cc1cccc(CNS(=O)(=O)c2ccc3c(c2)OCCCO3)c1. The Morgan fingerprint density at radius 3 is 2.61 bits per heavy atom. The third-order valence-electron chi connectivity index (χ3n) is 3.58. The van der Waals surface area contributed by atoms with E-state index in [0.717, 1.165) is 17.5 Å². The molecule has 2 aromatic carbocycles. The van der Waals surface area contributed by atoms with E-state index < -0.39 is 10.0 Å². The van der Waals surface area contributed by atoms with Crippen molar-refractivity contribution in [3.05, 3.63) is 53.6 Å². The van der Waals surface area contributed by atoms with Gasteiger partial charge in [-0.25, -0.2) is 13.1 Å². The summed E-state index contributed by atoms with van der Waals surface area (Å²) in [5.41, 5.74) is 2.01. The van der Waals surface area contributed by atoms with Crippen LogP contribution in [0.4, 0.5) is 0 Å². The number of sulfonamides is 1. The lowest BCUT2D eigenvalue weighted by molar-refractivity contribution is 0.297. The number of benzene rings is 2. The summed E-state index contributed by atoms with van der Waals surface area (Å²) in [6.45, 7) is 3.32. The molecule has 0 aliphatic carbocycles. The number of ether oxygens (including phenoxy) is 2. The summed E-state index contributed by atoms with van der Waals surface area (Å²) in [4.78, 5) is 0.175. The molecule has 1 aliphatic rings. The van der Waals surface area contributed by atoms with Gasteiger partial charge in [-0.05, 0) is 24.6 Å². The molecule has 0 bridgehead atoms. The van der Waals surface area contributed by atoms with Crippen LogP contribution in [0.2, 0.25) is 0 Å². The molecule has 23 heavy (non-hydrogen) atoms. The highest BCUT2D eigenvalue weighted by Crippen LogP contribution is 2.31. The first-order valence-electron chi connectivity index (χ1n) is 7.49. The summed E-state index contributed by atoms with van der Waals surface area (Å²) in [5.74, 6) is 1.06. The summed E-state index contributed by atoms with van der Waals surface area (Å²) in [6.07, 6.45) is 0.780. The molecule has 0 fully saturated rings. The molecule has 0 radical (unpaired) electrons. The maximum Gasteiger partial charge on any atom is 0.241 e. The first-order valence-corrected chi connectivity index (χ1v) is 8.98. The Labute approximate surface area is 136 Å². The average Bonchev–Trinajstić information content (AvgIpc) is 2.78. The molecule has 0 saturated carbocycles. The number of rotatable bonds is 4. The van der Waals surface area contributed by atoms with Crippen LogP contribution in [-0.4, -0.2) is 21.6 Å². The summed E-state index contributed by atoms with van der Waals surface area (Å²) in [5, 5.41) is 0. The molecule has 0 atom stereocenters. The molecule has 2 aromatic rings. The Morgan fingerprint density at radius 2 is 1.83 bits per heavy atom. The lowest BCUT2D eigenvalue weighted by atomic mass is 10.1. The summed E-state index contributed by atoms with van der Waals surface area (Å²) >= 11 is 0. The minimum Gasteiger partial charge on any atom is -0.490 e. The zero-order valence-corrected chi connectivity index (χ0v) is 13.7. The van der Waals surface area contributed by atoms with Crippen molar-refractivity contribution in [1.82, 2.24) is 4.72 Å². The molecular formula is C17H19NO4S. The Balaban J connectivity index is 1.78. The third-order valence-corrected chi connectivity index (χ3v) is 4.98. The van der Waals surface area contributed by atoms with Crippen molar-refractivity contribution < 1.29 is 17.9 Å². The lowest BCUT2D eigenvalue weighted by Gasteiger charge is -2.11. The van der Waals surface area contributed by atoms with Crippen molar-refractivity contribution in [2.24, 2.45) is 0 Å². The Bertz CT molecular complexity index is 802. The van der Waals surface area contributed by atoms with Crippen molar-refractivity contribution in [2.75, 3.05) is 13.2 Å². The summed E-state index contributed by atoms with van der Waals surface area (Å²) in [6, 6.07) is 12.4. The van der Waals surface area contributed by atoms with E-state index in [2.05, 4.69) is 4.72 Å². The summed E-state index contributed by atoms with van der Waals surface area (Å²) < 4.78 is 38.6. The van der Waals surface area contributed by atoms with Gasteiger partial charge in [0.25, 0.3) is 0 Å². The van der Waals surface area contributed by atoms with Gasteiger partial charge in [-0.3, -0.25) is 0 Å². The Hall–Kier alpha value is -2.05. The molecule has 122 valence electrons. The number of nitrogens with one attached hydrogen (secondary N) is 1. The normalized spacial score (nSPS) is 14.3. The molecule has 5 nitrogen and oxygen atoms in total. The molecule has 0 saturated heterocycles. The highest BCUT2D eigenvalue weighted by Gasteiger charge is 2.18. The predicted octanol–water partition coefficient (Wildman–Crippen LogP) is 2.63. The molecule has 1 aliphatic heterocycles. The molecule has 1 N–H and O–H groups in total. The van der Waals surface area contributed by atoms with Crippen LogP contribution in [0.25, 0.3) is 0 Å². The van der Waals surface area contributed by atoms with Gasteiger partial charge in [-0.1, -0.05) is 29.8 Å². The highest BCUT2D eigenvalue weighted by atomic mass is 32.2. The Morgan fingerprint density at radius 1 is 1.04 bits per heavy atom. The molecule has 1 heterocycles. The standard InChI is InChI=1S/C17H19NO4S/c1-13-4-2-5-14(10-13)12-18-23(19,20)15-6-7-16-17(11-15)22-9-3-8-21-16/h2,4-7,10-11,18H,3,8-9,12H2,1H3. The maximum absolute atomic E-state index is 12.5. The smallest absolute Gasteiger partial charge is 0.241 e. The molecule has 0 aromatic heterocycles.